The molecule has 1 aromatic rings. The normalized spacial score (nSPS) is 9.91. The Morgan fingerprint density at radius 3 is 2.55 bits per heavy atom. The zero-order valence-corrected chi connectivity index (χ0v) is 7.09. The zero-order valence-electron chi connectivity index (χ0n) is 7.09. The SMILES string of the molecule is CCC[CH-]Cc1ccccc1. The van der Waals surface area contributed by atoms with Crippen LogP contribution in [-0.2, 0) is 6.42 Å². The molecular weight excluding hydrogens is 132 g/mol. The fourth-order valence-electron chi connectivity index (χ4n) is 1.09. The summed E-state index contributed by atoms with van der Waals surface area (Å²) in [4.78, 5) is 0. The summed E-state index contributed by atoms with van der Waals surface area (Å²) < 4.78 is 0. The van der Waals surface area contributed by atoms with Crippen LogP contribution in [0.15, 0.2) is 30.3 Å². The summed E-state index contributed by atoms with van der Waals surface area (Å²) in [5.74, 6) is 0. The third kappa shape index (κ3) is 3.22. The quantitative estimate of drug-likeness (QED) is 0.453. The third-order valence-corrected chi connectivity index (χ3v) is 1.72. The molecule has 0 saturated heterocycles. The Kier molecular flexibility index (Phi) is 3.74. The zero-order chi connectivity index (χ0) is 7.94. The Labute approximate surface area is 69.3 Å². The van der Waals surface area contributed by atoms with E-state index in [2.05, 4.69) is 43.7 Å². The third-order valence-electron chi connectivity index (χ3n) is 1.72. The van der Waals surface area contributed by atoms with Crippen molar-refractivity contribution in [2.45, 2.75) is 26.2 Å². The molecule has 0 heteroatoms. The minimum atomic E-state index is 1.12. The van der Waals surface area contributed by atoms with E-state index in [0.29, 0.717) is 0 Å². The standard InChI is InChI=1S/C11H15/c1-2-3-5-8-11-9-6-4-7-10-11/h4-7,9-10H,2-3,8H2,1H3/q-1. The van der Waals surface area contributed by atoms with E-state index in [1.807, 2.05) is 0 Å². The average Bonchev–Trinajstić information content (AvgIpc) is 2.07. The smallest absolute Gasteiger partial charge is 0.0616 e. The van der Waals surface area contributed by atoms with E-state index in [0.717, 1.165) is 6.42 Å². The topological polar surface area (TPSA) is 0 Å². The van der Waals surface area contributed by atoms with Gasteiger partial charge in [0, 0.05) is 0 Å². The molecule has 0 aliphatic rings. The molecular formula is C11H15-. The van der Waals surface area contributed by atoms with Crippen molar-refractivity contribution in [1.82, 2.24) is 0 Å². The molecule has 0 N–H and O–H groups in total. The molecule has 60 valence electrons. The molecule has 0 nitrogen and oxygen atoms in total. The van der Waals surface area contributed by atoms with Gasteiger partial charge in [0.05, 0.1) is 0 Å². The Balaban J connectivity index is 2.28. The lowest BCUT2D eigenvalue weighted by Crippen LogP contribution is -1.84. The fraction of sp³-hybridized carbons (Fsp3) is 0.364. The van der Waals surface area contributed by atoms with Crippen LogP contribution in [-0.4, -0.2) is 0 Å². The first kappa shape index (κ1) is 8.32. The lowest BCUT2D eigenvalue weighted by molar-refractivity contribution is 0.864. The van der Waals surface area contributed by atoms with Crippen molar-refractivity contribution < 1.29 is 0 Å². The molecule has 0 fully saturated rings. The van der Waals surface area contributed by atoms with E-state index in [1.165, 1.54) is 18.4 Å². The summed E-state index contributed by atoms with van der Waals surface area (Å²) in [5.41, 5.74) is 1.42. The Bertz CT molecular complexity index is 176. The van der Waals surface area contributed by atoms with Crippen LogP contribution in [0.5, 0.6) is 0 Å². The molecule has 0 bridgehead atoms. The van der Waals surface area contributed by atoms with Gasteiger partial charge in [-0.3, -0.25) is 0 Å². The van der Waals surface area contributed by atoms with Crippen LogP contribution < -0.4 is 0 Å². The van der Waals surface area contributed by atoms with Crippen LogP contribution in [0, 0.1) is 6.42 Å². The van der Waals surface area contributed by atoms with Crippen molar-refractivity contribution in [3.8, 4) is 0 Å². The number of rotatable bonds is 4. The highest BCUT2D eigenvalue weighted by molar-refractivity contribution is 5.16. The van der Waals surface area contributed by atoms with Gasteiger partial charge < -0.3 is 6.42 Å². The van der Waals surface area contributed by atoms with Crippen LogP contribution in [0.2, 0.25) is 0 Å². The van der Waals surface area contributed by atoms with Crippen molar-refractivity contribution in [2.75, 3.05) is 0 Å². The molecule has 1 rings (SSSR count). The van der Waals surface area contributed by atoms with Gasteiger partial charge >= 0.3 is 0 Å². The molecule has 0 aliphatic heterocycles. The van der Waals surface area contributed by atoms with Gasteiger partial charge in [0.15, 0.2) is 0 Å². The van der Waals surface area contributed by atoms with Crippen molar-refractivity contribution in [3.05, 3.63) is 42.3 Å². The molecule has 0 radical (unpaired) electrons. The number of hydrogen-bond donors (Lipinski definition) is 0. The van der Waals surface area contributed by atoms with E-state index in [-0.39, 0.29) is 0 Å². The molecule has 0 amide bonds. The van der Waals surface area contributed by atoms with Gasteiger partial charge in [0.2, 0.25) is 0 Å². The maximum Gasteiger partial charge on any atom is -0.0616 e. The summed E-state index contributed by atoms with van der Waals surface area (Å²) in [7, 11) is 0. The second kappa shape index (κ2) is 4.95. The predicted octanol–water partition coefficient (Wildman–Crippen LogP) is 3.23. The summed E-state index contributed by atoms with van der Waals surface area (Å²) in [6.45, 7) is 2.21. The van der Waals surface area contributed by atoms with Gasteiger partial charge in [-0.2, -0.15) is 12.8 Å². The minimum absolute atomic E-state index is 1.12. The Hall–Kier alpha value is -0.780. The molecule has 0 aromatic heterocycles. The van der Waals surface area contributed by atoms with E-state index in [9.17, 15) is 0 Å². The first-order valence-electron chi connectivity index (χ1n) is 4.29. The number of hydrogen-bond acceptors (Lipinski definition) is 0. The number of benzene rings is 1. The molecule has 0 unspecified atom stereocenters. The molecule has 0 aliphatic carbocycles. The highest BCUT2D eigenvalue weighted by Gasteiger charge is 1.81. The first-order valence-corrected chi connectivity index (χ1v) is 4.29. The molecule has 0 spiro atoms. The second-order valence-electron chi connectivity index (χ2n) is 2.77. The van der Waals surface area contributed by atoms with Gasteiger partial charge in [-0.05, 0) is 0 Å². The highest BCUT2D eigenvalue weighted by Crippen LogP contribution is 2.04. The molecule has 0 atom stereocenters. The van der Waals surface area contributed by atoms with Crippen LogP contribution >= 0.6 is 0 Å². The van der Waals surface area contributed by atoms with Crippen molar-refractivity contribution >= 4 is 0 Å². The molecule has 11 heavy (non-hydrogen) atoms. The average molecular weight is 147 g/mol. The van der Waals surface area contributed by atoms with E-state index in [4.69, 9.17) is 0 Å². The molecule has 1 aromatic carbocycles. The summed E-state index contributed by atoms with van der Waals surface area (Å²) in [5, 5.41) is 0. The van der Waals surface area contributed by atoms with Gasteiger partial charge in [0.1, 0.15) is 0 Å². The second-order valence-corrected chi connectivity index (χ2v) is 2.77. The lowest BCUT2D eigenvalue weighted by Gasteiger charge is -2.08. The molecule has 0 heterocycles. The summed E-state index contributed by atoms with van der Waals surface area (Å²) in [6.07, 6.45) is 5.95. The van der Waals surface area contributed by atoms with E-state index < -0.39 is 0 Å². The maximum atomic E-state index is 2.34. The Morgan fingerprint density at radius 1 is 1.18 bits per heavy atom. The maximum absolute atomic E-state index is 2.34. The first-order chi connectivity index (χ1) is 5.43. The lowest BCUT2D eigenvalue weighted by atomic mass is 10.1. The van der Waals surface area contributed by atoms with E-state index in [1.54, 1.807) is 0 Å². The monoisotopic (exact) mass is 147 g/mol. The van der Waals surface area contributed by atoms with Gasteiger partial charge in [-0.1, -0.05) is 49.2 Å². The van der Waals surface area contributed by atoms with Gasteiger partial charge in [-0.25, -0.2) is 0 Å². The minimum Gasteiger partial charge on any atom is -0.324 e. The van der Waals surface area contributed by atoms with Crippen LogP contribution in [0.4, 0.5) is 0 Å². The van der Waals surface area contributed by atoms with Gasteiger partial charge in [0.25, 0.3) is 0 Å². The van der Waals surface area contributed by atoms with Crippen LogP contribution in [0.3, 0.4) is 0 Å². The van der Waals surface area contributed by atoms with Crippen LogP contribution in [0.25, 0.3) is 0 Å². The predicted molar refractivity (Wildman–Crippen MR) is 49.4 cm³/mol. The van der Waals surface area contributed by atoms with Gasteiger partial charge in [-0.15, -0.1) is 0 Å². The Morgan fingerprint density at radius 2 is 1.91 bits per heavy atom. The fourth-order valence-corrected chi connectivity index (χ4v) is 1.09. The summed E-state index contributed by atoms with van der Waals surface area (Å²) in [6, 6.07) is 10.6. The largest absolute Gasteiger partial charge is 0.324 e. The highest BCUT2D eigenvalue weighted by atomic mass is 13.9. The van der Waals surface area contributed by atoms with Crippen molar-refractivity contribution in [3.63, 3.8) is 0 Å². The van der Waals surface area contributed by atoms with Crippen molar-refractivity contribution in [2.24, 2.45) is 0 Å². The number of unbranched alkanes of at least 4 members (excludes halogenated alkanes) is 2. The van der Waals surface area contributed by atoms with Crippen molar-refractivity contribution in [1.29, 1.82) is 0 Å². The molecule has 0 saturated carbocycles. The van der Waals surface area contributed by atoms with E-state index >= 15 is 0 Å². The van der Waals surface area contributed by atoms with Crippen LogP contribution in [0.1, 0.15) is 25.3 Å². The summed E-state index contributed by atoms with van der Waals surface area (Å²) >= 11 is 0.